The van der Waals surface area contributed by atoms with Gasteiger partial charge < -0.3 is 9.84 Å². The topological polar surface area (TPSA) is 53.0 Å². The van der Waals surface area contributed by atoms with E-state index in [0.29, 0.717) is 24.6 Å². The maximum absolute atomic E-state index is 11.1. The van der Waals surface area contributed by atoms with Crippen molar-refractivity contribution in [3.8, 4) is 0 Å². The van der Waals surface area contributed by atoms with Crippen molar-refractivity contribution in [2.45, 2.75) is 57.1 Å². The molecular weight excluding hydrogens is 352 g/mol. The number of likely N-dealkylation sites (tertiary alicyclic amines) is 1. The maximum Gasteiger partial charge on any atom is 0.304 e. The lowest BCUT2D eigenvalue weighted by molar-refractivity contribution is -0.137. The zero-order chi connectivity index (χ0) is 19.3. The number of rotatable bonds is 8. The summed E-state index contributed by atoms with van der Waals surface area (Å²) in [6.07, 6.45) is 7.63. The summed E-state index contributed by atoms with van der Waals surface area (Å²) in [5, 5.41) is 9.09. The van der Waals surface area contributed by atoms with Crippen LogP contribution in [0.1, 0.15) is 43.2 Å². The standard InChI is InChI=1S/C23H34N2O3/c26-23(27)9-10-24(17-22-6-3-13-28-22)16-18-7-11-25(12-8-18)21-14-19-4-1-2-5-20(19)15-21/h1-2,4-5,18,21-22H,3,6-17H2,(H,26,27)/t22-/m1/s1. The lowest BCUT2D eigenvalue weighted by atomic mass is 9.94. The number of aliphatic carboxylic acids is 1. The van der Waals surface area contributed by atoms with Crippen LogP contribution < -0.4 is 0 Å². The van der Waals surface area contributed by atoms with Gasteiger partial charge in [0, 0.05) is 32.3 Å². The monoisotopic (exact) mass is 386 g/mol. The molecule has 1 aliphatic carbocycles. The first-order valence-corrected chi connectivity index (χ1v) is 11.0. The van der Waals surface area contributed by atoms with E-state index in [1.807, 2.05) is 0 Å². The Morgan fingerprint density at radius 3 is 2.43 bits per heavy atom. The minimum Gasteiger partial charge on any atom is -0.481 e. The number of carbonyl (C=O) groups is 1. The summed E-state index contributed by atoms with van der Waals surface area (Å²) in [4.78, 5) is 16.1. The molecule has 0 aromatic heterocycles. The van der Waals surface area contributed by atoms with Gasteiger partial charge in [0.2, 0.25) is 0 Å². The summed E-state index contributed by atoms with van der Waals surface area (Å²) in [6, 6.07) is 9.56. The van der Waals surface area contributed by atoms with E-state index in [9.17, 15) is 4.79 Å². The number of fused-ring (bicyclic) bond motifs is 1. The molecule has 5 heteroatoms. The van der Waals surface area contributed by atoms with Crippen molar-refractivity contribution in [1.29, 1.82) is 0 Å². The highest BCUT2D eigenvalue weighted by atomic mass is 16.5. The van der Waals surface area contributed by atoms with Crippen molar-refractivity contribution in [1.82, 2.24) is 9.80 Å². The van der Waals surface area contributed by atoms with E-state index in [0.717, 1.165) is 32.5 Å². The summed E-state index contributed by atoms with van der Waals surface area (Å²) < 4.78 is 5.80. The first-order valence-electron chi connectivity index (χ1n) is 11.0. The predicted molar refractivity (Wildman–Crippen MR) is 110 cm³/mol. The van der Waals surface area contributed by atoms with Crippen LogP contribution in [0.4, 0.5) is 0 Å². The highest BCUT2D eigenvalue weighted by Gasteiger charge is 2.30. The molecule has 2 heterocycles. The van der Waals surface area contributed by atoms with E-state index >= 15 is 0 Å². The molecule has 2 fully saturated rings. The van der Waals surface area contributed by atoms with Gasteiger partial charge in [-0.25, -0.2) is 0 Å². The van der Waals surface area contributed by atoms with Crippen LogP contribution in [-0.4, -0.2) is 72.4 Å². The molecule has 0 amide bonds. The van der Waals surface area contributed by atoms with Crippen LogP contribution in [0, 0.1) is 5.92 Å². The number of carboxylic acids is 1. The second kappa shape index (κ2) is 9.38. The van der Waals surface area contributed by atoms with Gasteiger partial charge in [0.1, 0.15) is 0 Å². The molecule has 3 aliphatic rings. The van der Waals surface area contributed by atoms with Gasteiger partial charge in [0.05, 0.1) is 12.5 Å². The van der Waals surface area contributed by atoms with Gasteiger partial charge in [-0.1, -0.05) is 24.3 Å². The van der Waals surface area contributed by atoms with E-state index in [2.05, 4.69) is 34.1 Å². The van der Waals surface area contributed by atoms with Crippen LogP contribution in [0.2, 0.25) is 0 Å². The molecule has 0 radical (unpaired) electrons. The van der Waals surface area contributed by atoms with Crippen LogP contribution in [0.15, 0.2) is 24.3 Å². The number of hydrogen-bond donors (Lipinski definition) is 1. The normalized spacial score (nSPS) is 24.1. The largest absolute Gasteiger partial charge is 0.481 e. The van der Waals surface area contributed by atoms with Gasteiger partial charge in [-0.2, -0.15) is 0 Å². The van der Waals surface area contributed by atoms with Crippen molar-refractivity contribution in [3.05, 3.63) is 35.4 Å². The summed E-state index contributed by atoms with van der Waals surface area (Å²) in [5.41, 5.74) is 3.07. The van der Waals surface area contributed by atoms with Gasteiger partial charge in [0.15, 0.2) is 0 Å². The molecule has 4 rings (SSSR count). The molecule has 5 nitrogen and oxygen atoms in total. The van der Waals surface area contributed by atoms with Crippen LogP contribution in [0.3, 0.4) is 0 Å². The van der Waals surface area contributed by atoms with Gasteiger partial charge in [-0.05, 0) is 68.7 Å². The first kappa shape index (κ1) is 19.9. The van der Waals surface area contributed by atoms with Crippen LogP contribution >= 0.6 is 0 Å². The van der Waals surface area contributed by atoms with E-state index in [1.54, 1.807) is 0 Å². The first-order chi connectivity index (χ1) is 13.7. The lowest BCUT2D eigenvalue weighted by Crippen LogP contribution is -2.45. The molecule has 0 saturated carbocycles. The lowest BCUT2D eigenvalue weighted by Gasteiger charge is -2.38. The maximum atomic E-state index is 11.1. The smallest absolute Gasteiger partial charge is 0.304 e. The Hall–Kier alpha value is -1.43. The van der Waals surface area contributed by atoms with E-state index in [1.165, 1.54) is 49.9 Å². The molecule has 0 unspecified atom stereocenters. The highest BCUT2D eigenvalue weighted by molar-refractivity contribution is 5.66. The molecule has 2 aliphatic heterocycles. The fourth-order valence-corrected chi connectivity index (χ4v) is 5.25. The van der Waals surface area contributed by atoms with Crippen molar-refractivity contribution in [2.75, 3.05) is 39.3 Å². The van der Waals surface area contributed by atoms with Crippen LogP contribution in [0.25, 0.3) is 0 Å². The number of ether oxygens (including phenoxy) is 1. The molecule has 2 saturated heterocycles. The van der Waals surface area contributed by atoms with Crippen LogP contribution in [0.5, 0.6) is 0 Å². The average Bonchev–Trinajstić information content (AvgIpc) is 3.36. The zero-order valence-corrected chi connectivity index (χ0v) is 16.9. The predicted octanol–water partition coefficient (Wildman–Crippen LogP) is 2.82. The second-order valence-corrected chi connectivity index (χ2v) is 8.85. The van der Waals surface area contributed by atoms with Gasteiger partial charge >= 0.3 is 5.97 Å². The molecule has 1 N–H and O–H groups in total. The molecular formula is C23H34N2O3. The van der Waals surface area contributed by atoms with Gasteiger partial charge in [0.25, 0.3) is 0 Å². The molecule has 154 valence electrons. The Kier molecular flexibility index (Phi) is 6.65. The minimum absolute atomic E-state index is 0.228. The summed E-state index contributed by atoms with van der Waals surface area (Å²) in [7, 11) is 0. The number of benzene rings is 1. The quantitative estimate of drug-likeness (QED) is 0.745. The average molecular weight is 387 g/mol. The summed E-state index contributed by atoms with van der Waals surface area (Å²) in [5.74, 6) is -0.0248. The molecule has 0 bridgehead atoms. The highest BCUT2D eigenvalue weighted by Crippen LogP contribution is 2.29. The SMILES string of the molecule is O=C(O)CCN(CC1CCN(C2Cc3ccccc3C2)CC1)C[C@H]1CCCO1. The number of nitrogens with zero attached hydrogens (tertiary/aromatic N) is 2. The third-order valence-corrected chi connectivity index (χ3v) is 6.84. The van der Waals surface area contributed by atoms with Crippen LogP contribution in [-0.2, 0) is 22.4 Å². The van der Waals surface area contributed by atoms with Crippen molar-refractivity contribution >= 4 is 5.97 Å². The van der Waals surface area contributed by atoms with Crippen molar-refractivity contribution in [2.24, 2.45) is 5.92 Å². The van der Waals surface area contributed by atoms with Crippen molar-refractivity contribution < 1.29 is 14.6 Å². The molecule has 28 heavy (non-hydrogen) atoms. The van der Waals surface area contributed by atoms with Gasteiger partial charge in [-0.15, -0.1) is 0 Å². The summed E-state index contributed by atoms with van der Waals surface area (Å²) in [6.45, 7) is 5.77. The summed E-state index contributed by atoms with van der Waals surface area (Å²) >= 11 is 0. The molecule has 1 atom stereocenters. The minimum atomic E-state index is -0.701. The second-order valence-electron chi connectivity index (χ2n) is 8.85. The number of hydrogen-bond acceptors (Lipinski definition) is 4. The Balaban J connectivity index is 1.25. The zero-order valence-electron chi connectivity index (χ0n) is 16.9. The number of piperidine rings is 1. The number of carboxylic acid groups (broad SMARTS) is 1. The van der Waals surface area contributed by atoms with E-state index in [-0.39, 0.29) is 6.42 Å². The molecule has 1 aromatic carbocycles. The van der Waals surface area contributed by atoms with E-state index < -0.39 is 5.97 Å². The molecule has 0 spiro atoms. The van der Waals surface area contributed by atoms with Gasteiger partial charge in [-0.3, -0.25) is 14.6 Å². The Bertz CT molecular complexity index is 626. The van der Waals surface area contributed by atoms with E-state index in [4.69, 9.17) is 9.84 Å². The third kappa shape index (κ3) is 5.13. The van der Waals surface area contributed by atoms with Crippen molar-refractivity contribution in [3.63, 3.8) is 0 Å². The Labute approximate surface area is 168 Å². The Morgan fingerprint density at radius 2 is 1.82 bits per heavy atom. The fourth-order valence-electron chi connectivity index (χ4n) is 5.25. The molecule has 1 aromatic rings. The third-order valence-electron chi connectivity index (χ3n) is 6.84. The Morgan fingerprint density at radius 1 is 1.11 bits per heavy atom. The fraction of sp³-hybridized carbons (Fsp3) is 0.696.